The molecule has 3 aromatic rings. The number of amides is 1. The number of hydrogen-bond donors (Lipinski definition) is 0. The van der Waals surface area contributed by atoms with Crippen molar-refractivity contribution in [1.29, 1.82) is 0 Å². The SMILES string of the molecule is COc1ccc(-n2nnnc2C(F)(F)F)cc1[C@@H]1CO[C@]2(CCCN(C(=O)c3ccccc3)C2)C1. The lowest BCUT2D eigenvalue weighted by atomic mass is 9.83. The summed E-state index contributed by atoms with van der Waals surface area (Å²) >= 11 is 0. The Morgan fingerprint density at radius 3 is 2.74 bits per heavy atom. The summed E-state index contributed by atoms with van der Waals surface area (Å²) in [6.45, 7) is 1.49. The third kappa shape index (κ3) is 4.47. The molecule has 2 atom stereocenters. The summed E-state index contributed by atoms with van der Waals surface area (Å²) in [6.07, 6.45) is -2.47. The molecule has 1 aromatic heterocycles. The van der Waals surface area contributed by atoms with Crippen LogP contribution >= 0.6 is 0 Å². The molecule has 0 saturated carbocycles. The normalized spacial score (nSPS) is 22.5. The number of aromatic nitrogens is 4. The van der Waals surface area contributed by atoms with Crippen molar-refractivity contribution in [1.82, 2.24) is 25.1 Å². The first-order chi connectivity index (χ1) is 16.8. The van der Waals surface area contributed by atoms with Crippen molar-refractivity contribution in [3.8, 4) is 11.4 Å². The lowest BCUT2D eigenvalue weighted by Gasteiger charge is -2.40. The number of tetrazole rings is 1. The zero-order valence-electron chi connectivity index (χ0n) is 19.0. The Hall–Kier alpha value is -3.47. The number of piperidine rings is 1. The van der Waals surface area contributed by atoms with Crippen molar-refractivity contribution < 1.29 is 27.4 Å². The molecule has 0 unspecified atom stereocenters. The number of likely N-dealkylation sites (tertiary alicyclic amines) is 1. The summed E-state index contributed by atoms with van der Waals surface area (Å²) in [5.41, 5.74) is 1.02. The third-order valence-electron chi connectivity index (χ3n) is 6.68. The highest BCUT2D eigenvalue weighted by Crippen LogP contribution is 2.45. The molecule has 2 aliphatic heterocycles. The first-order valence-corrected chi connectivity index (χ1v) is 11.3. The zero-order valence-corrected chi connectivity index (χ0v) is 19.0. The average molecular weight is 487 g/mol. The Kier molecular flexibility index (Phi) is 5.96. The summed E-state index contributed by atoms with van der Waals surface area (Å²) in [7, 11) is 1.52. The Morgan fingerprint density at radius 2 is 2.00 bits per heavy atom. The summed E-state index contributed by atoms with van der Waals surface area (Å²) in [5.74, 6) is -0.804. The van der Waals surface area contributed by atoms with E-state index in [1.807, 2.05) is 23.1 Å². The smallest absolute Gasteiger partial charge is 0.453 e. The second-order valence-electron chi connectivity index (χ2n) is 8.93. The fourth-order valence-corrected chi connectivity index (χ4v) is 5.07. The first kappa shape index (κ1) is 23.3. The van der Waals surface area contributed by atoms with Gasteiger partial charge in [0.25, 0.3) is 11.7 Å². The average Bonchev–Trinajstić information content (AvgIpc) is 3.52. The minimum Gasteiger partial charge on any atom is -0.496 e. The van der Waals surface area contributed by atoms with E-state index < -0.39 is 17.6 Å². The minimum atomic E-state index is -4.69. The van der Waals surface area contributed by atoms with Gasteiger partial charge < -0.3 is 14.4 Å². The Morgan fingerprint density at radius 1 is 1.20 bits per heavy atom. The van der Waals surface area contributed by atoms with Gasteiger partial charge in [0.2, 0.25) is 0 Å². The molecule has 5 rings (SSSR count). The number of rotatable bonds is 4. The Balaban J connectivity index is 1.40. The Labute approximate surface area is 199 Å². The number of carbonyl (C=O) groups excluding carboxylic acids is 1. The highest BCUT2D eigenvalue weighted by molar-refractivity contribution is 5.94. The highest BCUT2D eigenvalue weighted by Gasteiger charge is 2.46. The van der Waals surface area contributed by atoms with E-state index in [4.69, 9.17) is 9.47 Å². The predicted molar refractivity (Wildman–Crippen MR) is 118 cm³/mol. The standard InChI is InChI=1S/C24H24F3N5O3/c1-34-20-9-8-18(32-22(24(25,26)27)28-29-30-32)12-19(20)17-13-23(35-14-17)10-5-11-31(15-23)21(33)16-6-3-2-4-7-16/h2-4,6-9,12,17H,5,10-11,13-15H2,1H3/t17-,23+/m0/s1. The number of halogens is 3. The van der Waals surface area contributed by atoms with Gasteiger partial charge in [-0.05, 0) is 60.0 Å². The van der Waals surface area contributed by atoms with Gasteiger partial charge in [0.15, 0.2) is 0 Å². The number of carbonyl (C=O) groups is 1. The van der Waals surface area contributed by atoms with Crippen LogP contribution in [0.5, 0.6) is 5.75 Å². The van der Waals surface area contributed by atoms with E-state index >= 15 is 0 Å². The largest absolute Gasteiger partial charge is 0.496 e. The molecule has 2 fully saturated rings. The molecule has 0 N–H and O–H groups in total. The molecule has 184 valence electrons. The van der Waals surface area contributed by atoms with E-state index in [1.165, 1.54) is 13.2 Å². The third-order valence-corrected chi connectivity index (χ3v) is 6.68. The van der Waals surface area contributed by atoms with E-state index in [-0.39, 0.29) is 17.5 Å². The predicted octanol–water partition coefficient (Wildman–Crippen LogP) is 3.87. The lowest BCUT2D eigenvalue weighted by Crippen LogP contribution is -2.50. The molecule has 3 heterocycles. The van der Waals surface area contributed by atoms with Crippen LogP contribution in [-0.4, -0.2) is 63.4 Å². The maximum Gasteiger partial charge on any atom is 0.453 e. The van der Waals surface area contributed by atoms with Gasteiger partial charge in [0.05, 0.1) is 25.0 Å². The molecule has 35 heavy (non-hydrogen) atoms. The maximum atomic E-state index is 13.3. The van der Waals surface area contributed by atoms with Crippen LogP contribution < -0.4 is 4.74 Å². The van der Waals surface area contributed by atoms with Gasteiger partial charge >= 0.3 is 6.18 Å². The summed E-state index contributed by atoms with van der Waals surface area (Å²) in [6, 6.07) is 13.9. The molecule has 2 aliphatic rings. The van der Waals surface area contributed by atoms with Gasteiger partial charge in [-0.1, -0.05) is 18.2 Å². The second-order valence-corrected chi connectivity index (χ2v) is 8.93. The summed E-state index contributed by atoms with van der Waals surface area (Å²) in [4.78, 5) is 14.8. The molecule has 0 aliphatic carbocycles. The monoisotopic (exact) mass is 487 g/mol. The van der Waals surface area contributed by atoms with Crippen LogP contribution in [0.4, 0.5) is 13.2 Å². The minimum absolute atomic E-state index is 0.0327. The molecule has 1 amide bonds. The number of hydrogen-bond acceptors (Lipinski definition) is 6. The van der Waals surface area contributed by atoms with Gasteiger partial charge in [-0.3, -0.25) is 4.79 Å². The van der Waals surface area contributed by atoms with Crippen LogP contribution in [-0.2, 0) is 10.9 Å². The van der Waals surface area contributed by atoms with Crippen molar-refractivity contribution in [2.45, 2.75) is 37.0 Å². The molecule has 2 aromatic carbocycles. The Bertz CT molecular complexity index is 1220. The number of nitrogens with zero attached hydrogens (tertiary/aromatic N) is 5. The maximum absolute atomic E-state index is 13.3. The number of benzene rings is 2. The summed E-state index contributed by atoms with van der Waals surface area (Å²) in [5, 5.41) is 9.87. The van der Waals surface area contributed by atoms with E-state index in [9.17, 15) is 18.0 Å². The van der Waals surface area contributed by atoms with Crippen LogP contribution in [0.25, 0.3) is 5.69 Å². The molecule has 11 heteroatoms. The van der Waals surface area contributed by atoms with Crippen molar-refractivity contribution in [3.05, 3.63) is 65.5 Å². The van der Waals surface area contributed by atoms with Gasteiger partial charge in [-0.2, -0.15) is 17.9 Å². The van der Waals surface area contributed by atoms with E-state index in [0.29, 0.717) is 42.1 Å². The van der Waals surface area contributed by atoms with E-state index in [0.717, 1.165) is 18.4 Å². The molecular weight excluding hydrogens is 463 g/mol. The van der Waals surface area contributed by atoms with Gasteiger partial charge in [-0.25, -0.2) is 0 Å². The quantitative estimate of drug-likeness (QED) is 0.556. The highest BCUT2D eigenvalue weighted by atomic mass is 19.4. The van der Waals surface area contributed by atoms with Gasteiger partial charge in [-0.15, -0.1) is 5.10 Å². The topological polar surface area (TPSA) is 82.4 Å². The van der Waals surface area contributed by atoms with Gasteiger partial charge in [0, 0.05) is 30.1 Å². The van der Waals surface area contributed by atoms with E-state index in [2.05, 4.69) is 15.5 Å². The van der Waals surface area contributed by atoms with E-state index in [1.54, 1.807) is 24.3 Å². The van der Waals surface area contributed by atoms with Crippen molar-refractivity contribution >= 4 is 5.91 Å². The summed E-state index contributed by atoms with van der Waals surface area (Å²) < 4.78 is 52.5. The van der Waals surface area contributed by atoms with Crippen molar-refractivity contribution in [2.75, 3.05) is 26.8 Å². The molecule has 0 radical (unpaired) electrons. The number of alkyl halides is 3. The fourth-order valence-electron chi connectivity index (χ4n) is 5.07. The molecule has 2 saturated heterocycles. The first-order valence-electron chi connectivity index (χ1n) is 11.3. The molecule has 8 nitrogen and oxygen atoms in total. The number of methoxy groups -OCH3 is 1. The molecule has 0 bridgehead atoms. The fraction of sp³-hybridized carbons (Fsp3) is 0.417. The van der Waals surface area contributed by atoms with Crippen molar-refractivity contribution in [2.24, 2.45) is 0 Å². The second kappa shape index (κ2) is 8.95. The zero-order chi connectivity index (χ0) is 24.6. The molecule has 1 spiro atoms. The van der Waals surface area contributed by atoms with Crippen LogP contribution in [0.3, 0.4) is 0 Å². The van der Waals surface area contributed by atoms with Crippen LogP contribution in [0, 0.1) is 0 Å². The van der Waals surface area contributed by atoms with Crippen LogP contribution in [0.2, 0.25) is 0 Å². The van der Waals surface area contributed by atoms with Crippen LogP contribution in [0.15, 0.2) is 48.5 Å². The molecular formula is C24H24F3N5O3. The number of ether oxygens (including phenoxy) is 2. The lowest BCUT2D eigenvalue weighted by molar-refractivity contribution is -0.146. The van der Waals surface area contributed by atoms with Crippen LogP contribution in [0.1, 0.15) is 46.9 Å². The van der Waals surface area contributed by atoms with Gasteiger partial charge in [0.1, 0.15) is 5.75 Å². The van der Waals surface area contributed by atoms with Crippen molar-refractivity contribution in [3.63, 3.8) is 0 Å².